The van der Waals surface area contributed by atoms with Crippen LogP contribution in [0.2, 0.25) is 0 Å². The lowest BCUT2D eigenvalue weighted by molar-refractivity contribution is -0.149. The number of nitrogens with zero attached hydrogens (tertiary/aromatic N) is 1. The SMILES string of the molecule is CN(C)C(=O)C12CC(CNC(=O)C3(C)CC3(F)F)(C1)OC21CCNCC1. The Kier molecular flexibility index (Phi) is 3.59. The average Bonchev–Trinajstić information content (AvgIpc) is 2.84. The molecule has 3 heterocycles. The van der Waals surface area contributed by atoms with E-state index in [9.17, 15) is 18.4 Å². The molecule has 26 heavy (non-hydrogen) atoms. The zero-order valence-corrected chi connectivity index (χ0v) is 15.6. The van der Waals surface area contributed by atoms with E-state index < -0.39 is 40.3 Å². The summed E-state index contributed by atoms with van der Waals surface area (Å²) in [7, 11) is 3.50. The maximum Gasteiger partial charge on any atom is 0.263 e. The summed E-state index contributed by atoms with van der Waals surface area (Å²) in [6.07, 6.45) is 2.18. The number of hydrogen-bond acceptors (Lipinski definition) is 4. The number of hydrogen-bond donors (Lipinski definition) is 2. The second-order valence-corrected chi connectivity index (χ2v) is 9.06. The molecule has 6 nitrogen and oxygen atoms in total. The third-order valence-electron chi connectivity index (χ3n) is 7.09. The Hall–Kier alpha value is -1.28. The molecule has 2 aliphatic carbocycles. The van der Waals surface area contributed by atoms with Crippen molar-refractivity contribution in [2.24, 2.45) is 10.8 Å². The topological polar surface area (TPSA) is 70.7 Å². The molecular formula is C18H27F2N3O3. The van der Waals surface area contributed by atoms with Crippen LogP contribution in [-0.2, 0) is 14.3 Å². The van der Waals surface area contributed by atoms with Gasteiger partial charge in [-0.1, -0.05) is 0 Å². The molecule has 146 valence electrons. The molecule has 0 aromatic carbocycles. The van der Waals surface area contributed by atoms with Crippen LogP contribution in [0.4, 0.5) is 8.78 Å². The summed E-state index contributed by atoms with van der Waals surface area (Å²) < 4.78 is 33.3. The number of carbonyl (C=O) groups excluding carboxylic acids is 2. The van der Waals surface area contributed by atoms with Crippen molar-refractivity contribution < 1.29 is 23.1 Å². The minimum atomic E-state index is -2.92. The number of piperidine rings is 1. The molecule has 5 rings (SSSR count). The molecule has 0 radical (unpaired) electrons. The van der Waals surface area contributed by atoms with Crippen LogP contribution in [0.5, 0.6) is 0 Å². The van der Waals surface area contributed by atoms with Gasteiger partial charge >= 0.3 is 0 Å². The van der Waals surface area contributed by atoms with Crippen molar-refractivity contribution in [1.29, 1.82) is 0 Å². The zero-order chi connectivity index (χ0) is 19.0. The number of carbonyl (C=O) groups is 2. The van der Waals surface area contributed by atoms with Crippen molar-refractivity contribution >= 4 is 11.8 Å². The Morgan fingerprint density at radius 1 is 1.15 bits per heavy atom. The molecular weight excluding hydrogens is 344 g/mol. The molecule has 3 saturated heterocycles. The molecule has 3 aliphatic heterocycles. The van der Waals surface area contributed by atoms with Crippen molar-refractivity contribution in [2.45, 2.75) is 56.2 Å². The standard InChI is InChI=1S/C18H27F2N3O3/c1-14(8-18(14,19)20)12(24)22-11-15-9-16(10-15,13(25)23(2)3)17(26-15)4-6-21-7-5-17/h21H,4-11H2,1-3H3,(H,22,24). The van der Waals surface area contributed by atoms with Crippen LogP contribution < -0.4 is 10.6 Å². The lowest BCUT2D eigenvalue weighted by atomic mass is 9.53. The van der Waals surface area contributed by atoms with E-state index in [-0.39, 0.29) is 12.5 Å². The summed E-state index contributed by atoms with van der Waals surface area (Å²) >= 11 is 0. The highest BCUT2D eigenvalue weighted by molar-refractivity contribution is 5.88. The minimum Gasteiger partial charge on any atom is -0.365 e. The van der Waals surface area contributed by atoms with Gasteiger partial charge in [0, 0.05) is 27.1 Å². The van der Waals surface area contributed by atoms with Crippen LogP contribution in [0, 0.1) is 10.8 Å². The van der Waals surface area contributed by atoms with Gasteiger partial charge in [-0.2, -0.15) is 0 Å². The first-order chi connectivity index (χ1) is 12.0. The fourth-order valence-corrected chi connectivity index (χ4v) is 5.38. The van der Waals surface area contributed by atoms with Crippen molar-refractivity contribution in [3.05, 3.63) is 0 Å². The van der Waals surface area contributed by atoms with E-state index in [1.165, 1.54) is 6.92 Å². The number of alkyl halides is 2. The van der Waals surface area contributed by atoms with Crippen molar-refractivity contribution in [3.63, 3.8) is 0 Å². The summed E-state index contributed by atoms with van der Waals surface area (Å²) in [5.74, 6) is -3.48. The highest BCUT2D eigenvalue weighted by atomic mass is 19.3. The average molecular weight is 371 g/mol. The number of nitrogens with one attached hydrogen (secondary N) is 2. The Bertz CT molecular complexity index is 654. The van der Waals surface area contributed by atoms with Gasteiger partial charge in [0.05, 0.1) is 16.6 Å². The van der Waals surface area contributed by atoms with E-state index in [1.807, 2.05) is 0 Å². The maximum atomic E-state index is 13.4. The van der Waals surface area contributed by atoms with Crippen LogP contribution in [0.1, 0.15) is 39.0 Å². The first-order valence-corrected chi connectivity index (χ1v) is 9.31. The molecule has 1 unspecified atom stereocenters. The third kappa shape index (κ3) is 2.14. The van der Waals surface area contributed by atoms with E-state index in [0.29, 0.717) is 12.8 Å². The Morgan fingerprint density at radius 2 is 1.73 bits per heavy atom. The summed E-state index contributed by atoms with van der Waals surface area (Å²) in [5, 5.41) is 5.99. The summed E-state index contributed by atoms with van der Waals surface area (Å²) in [4.78, 5) is 26.8. The minimum absolute atomic E-state index is 0.0690. The lowest BCUT2D eigenvalue weighted by Crippen LogP contribution is -2.61. The summed E-state index contributed by atoms with van der Waals surface area (Å²) in [6.45, 7) is 3.06. The largest absolute Gasteiger partial charge is 0.365 e. The van der Waals surface area contributed by atoms with Gasteiger partial charge in [0.25, 0.3) is 5.92 Å². The summed E-state index contributed by atoms with van der Waals surface area (Å²) in [6, 6.07) is 0. The van der Waals surface area contributed by atoms with Crippen LogP contribution in [0.15, 0.2) is 0 Å². The van der Waals surface area contributed by atoms with E-state index in [2.05, 4.69) is 10.6 Å². The molecule has 0 aromatic heterocycles. The van der Waals surface area contributed by atoms with Gasteiger partial charge in [-0.15, -0.1) is 0 Å². The van der Waals surface area contributed by atoms with Crippen LogP contribution >= 0.6 is 0 Å². The van der Waals surface area contributed by atoms with Gasteiger partial charge in [0.2, 0.25) is 11.8 Å². The molecule has 2 bridgehead atoms. The molecule has 1 atom stereocenters. The smallest absolute Gasteiger partial charge is 0.263 e. The first kappa shape index (κ1) is 18.1. The van der Waals surface area contributed by atoms with Gasteiger partial charge in [0.15, 0.2) is 0 Å². The molecule has 8 heteroatoms. The van der Waals surface area contributed by atoms with Gasteiger partial charge in [-0.05, 0) is 45.7 Å². The zero-order valence-electron chi connectivity index (χ0n) is 15.6. The first-order valence-electron chi connectivity index (χ1n) is 9.31. The predicted octanol–water partition coefficient (Wildman–Crippen LogP) is 0.908. The normalized spacial score (nSPS) is 41.4. The van der Waals surface area contributed by atoms with Crippen LogP contribution in [0.3, 0.4) is 0 Å². The molecule has 5 fully saturated rings. The highest BCUT2D eigenvalue weighted by Crippen LogP contribution is 2.69. The molecule has 0 aromatic rings. The summed E-state index contributed by atoms with van der Waals surface area (Å²) in [5.41, 5.74) is -3.29. The second kappa shape index (κ2) is 5.16. The van der Waals surface area contributed by atoms with Crippen molar-refractivity contribution in [2.75, 3.05) is 33.7 Å². The van der Waals surface area contributed by atoms with Crippen molar-refractivity contribution in [1.82, 2.24) is 15.5 Å². The van der Waals surface area contributed by atoms with E-state index in [0.717, 1.165) is 25.9 Å². The third-order valence-corrected chi connectivity index (χ3v) is 7.09. The Labute approximate surface area is 152 Å². The number of rotatable bonds is 4. The van der Waals surface area contributed by atoms with Gasteiger partial charge in [0.1, 0.15) is 5.41 Å². The van der Waals surface area contributed by atoms with E-state index in [1.54, 1.807) is 19.0 Å². The van der Waals surface area contributed by atoms with Crippen LogP contribution in [-0.4, -0.2) is 67.6 Å². The van der Waals surface area contributed by atoms with E-state index >= 15 is 0 Å². The van der Waals surface area contributed by atoms with Crippen molar-refractivity contribution in [3.8, 4) is 0 Å². The molecule has 2 N–H and O–H groups in total. The van der Waals surface area contributed by atoms with Gasteiger partial charge < -0.3 is 20.3 Å². The number of halogens is 2. The van der Waals surface area contributed by atoms with Gasteiger partial charge in [-0.25, -0.2) is 8.78 Å². The second-order valence-electron chi connectivity index (χ2n) is 9.06. The molecule has 1 spiro atoms. The lowest BCUT2D eigenvalue weighted by Gasteiger charge is -2.49. The Morgan fingerprint density at radius 3 is 2.23 bits per heavy atom. The molecule has 2 saturated carbocycles. The van der Waals surface area contributed by atoms with Gasteiger partial charge in [-0.3, -0.25) is 9.59 Å². The number of ether oxygens (including phenoxy) is 1. The fourth-order valence-electron chi connectivity index (χ4n) is 5.38. The fraction of sp³-hybridized carbons (Fsp3) is 0.889. The Balaban J connectivity index is 1.50. The molecule has 5 aliphatic rings. The predicted molar refractivity (Wildman–Crippen MR) is 89.7 cm³/mol. The van der Waals surface area contributed by atoms with E-state index in [4.69, 9.17) is 4.74 Å². The number of amides is 2. The quantitative estimate of drug-likeness (QED) is 0.771. The maximum absolute atomic E-state index is 13.4. The molecule has 2 amide bonds. The monoisotopic (exact) mass is 371 g/mol. The van der Waals surface area contributed by atoms with Crippen LogP contribution in [0.25, 0.3) is 0 Å². The highest BCUT2D eigenvalue weighted by Gasteiger charge is 2.78.